The molecule has 0 radical (unpaired) electrons. The maximum absolute atomic E-state index is 12.3. The van der Waals surface area contributed by atoms with Gasteiger partial charge in [-0.1, -0.05) is 19.1 Å². The molecule has 1 amide bonds. The number of aromatic nitrogens is 3. The van der Waals surface area contributed by atoms with Crippen LogP contribution in [0.3, 0.4) is 0 Å². The smallest absolute Gasteiger partial charge is 0.264 e. The van der Waals surface area contributed by atoms with Gasteiger partial charge in [0.25, 0.3) is 5.89 Å². The van der Waals surface area contributed by atoms with E-state index in [-0.39, 0.29) is 12.5 Å². The molecule has 128 valence electrons. The van der Waals surface area contributed by atoms with Gasteiger partial charge in [0, 0.05) is 17.8 Å². The minimum Gasteiger partial charge on any atom is -0.419 e. The summed E-state index contributed by atoms with van der Waals surface area (Å²) in [5.41, 5.74) is 2.80. The lowest BCUT2D eigenvalue weighted by molar-refractivity contribution is -0.116. The highest BCUT2D eigenvalue weighted by molar-refractivity contribution is 5.90. The molecule has 1 aromatic carbocycles. The molecule has 0 bridgehead atoms. The Balaban J connectivity index is 1.45. The fraction of sp³-hybridized carbons (Fsp3) is 0.316. The Hall–Kier alpha value is -2.89. The maximum atomic E-state index is 12.3. The van der Waals surface area contributed by atoms with E-state index < -0.39 is 0 Å². The first-order valence-corrected chi connectivity index (χ1v) is 8.60. The SMILES string of the molecule is CCc1ccc(NC(=O)Cn2cccc2-c2nnc(C3CC3)o2)cc1. The number of benzene rings is 1. The molecule has 0 saturated heterocycles. The van der Waals surface area contributed by atoms with Crippen LogP contribution in [0, 0.1) is 0 Å². The predicted octanol–water partition coefficient (Wildman–Crippen LogP) is 3.62. The van der Waals surface area contributed by atoms with Crippen LogP contribution in [-0.4, -0.2) is 20.7 Å². The van der Waals surface area contributed by atoms with Crippen LogP contribution in [0.15, 0.2) is 47.0 Å². The summed E-state index contributed by atoms with van der Waals surface area (Å²) in [4.78, 5) is 12.3. The number of hydrogen-bond acceptors (Lipinski definition) is 4. The second-order valence-electron chi connectivity index (χ2n) is 6.34. The normalized spacial score (nSPS) is 13.8. The summed E-state index contributed by atoms with van der Waals surface area (Å²) in [5, 5.41) is 11.1. The van der Waals surface area contributed by atoms with Gasteiger partial charge in [0.05, 0.1) is 0 Å². The highest BCUT2D eigenvalue weighted by Gasteiger charge is 2.29. The van der Waals surface area contributed by atoms with Crippen LogP contribution in [-0.2, 0) is 17.8 Å². The number of anilines is 1. The van der Waals surface area contributed by atoms with Crippen molar-refractivity contribution in [1.29, 1.82) is 0 Å². The first kappa shape index (κ1) is 15.6. The molecule has 1 saturated carbocycles. The Kier molecular flexibility index (Phi) is 4.09. The third-order valence-electron chi connectivity index (χ3n) is 4.38. The molecule has 25 heavy (non-hydrogen) atoms. The number of nitrogens with zero attached hydrogens (tertiary/aromatic N) is 3. The summed E-state index contributed by atoms with van der Waals surface area (Å²) in [6.45, 7) is 2.30. The monoisotopic (exact) mass is 336 g/mol. The summed E-state index contributed by atoms with van der Waals surface area (Å²) in [5.74, 6) is 1.48. The number of amides is 1. The molecule has 2 aromatic heterocycles. The summed E-state index contributed by atoms with van der Waals surface area (Å²) < 4.78 is 7.56. The van der Waals surface area contributed by atoms with E-state index in [1.165, 1.54) is 5.56 Å². The van der Waals surface area contributed by atoms with Gasteiger partial charge in [-0.2, -0.15) is 0 Å². The maximum Gasteiger partial charge on any atom is 0.264 e. The average molecular weight is 336 g/mol. The summed E-state index contributed by atoms with van der Waals surface area (Å²) in [6.07, 6.45) is 5.05. The molecule has 6 nitrogen and oxygen atoms in total. The molecular formula is C19H20N4O2. The van der Waals surface area contributed by atoms with Crippen molar-refractivity contribution in [3.63, 3.8) is 0 Å². The van der Waals surface area contributed by atoms with Gasteiger partial charge in [0.15, 0.2) is 0 Å². The summed E-state index contributed by atoms with van der Waals surface area (Å²) in [7, 11) is 0. The molecule has 2 heterocycles. The molecular weight excluding hydrogens is 316 g/mol. The summed E-state index contributed by atoms with van der Waals surface area (Å²) >= 11 is 0. The van der Waals surface area contributed by atoms with Crippen molar-refractivity contribution in [2.24, 2.45) is 0 Å². The van der Waals surface area contributed by atoms with E-state index in [0.717, 1.165) is 30.6 Å². The molecule has 0 spiro atoms. The second-order valence-corrected chi connectivity index (χ2v) is 6.34. The molecule has 0 unspecified atom stereocenters. The quantitative estimate of drug-likeness (QED) is 0.746. The van der Waals surface area contributed by atoms with Crippen LogP contribution in [0.1, 0.15) is 37.1 Å². The zero-order valence-corrected chi connectivity index (χ0v) is 14.1. The lowest BCUT2D eigenvalue weighted by atomic mass is 10.1. The minimum atomic E-state index is -0.0939. The fourth-order valence-corrected chi connectivity index (χ4v) is 2.76. The topological polar surface area (TPSA) is 73.0 Å². The standard InChI is InChI=1S/C19H20N4O2/c1-2-13-5-9-15(10-6-13)20-17(24)12-23-11-3-4-16(23)19-22-21-18(25-19)14-7-8-14/h3-6,9-11,14H,2,7-8,12H2,1H3,(H,20,24). The molecule has 1 aliphatic rings. The molecule has 3 aromatic rings. The molecule has 1 aliphatic carbocycles. The highest BCUT2D eigenvalue weighted by Crippen LogP contribution is 2.39. The number of aryl methyl sites for hydroxylation is 1. The van der Waals surface area contributed by atoms with Crippen molar-refractivity contribution in [3.8, 4) is 11.6 Å². The van der Waals surface area contributed by atoms with E-state index in [4.69, 9.17) is 4.42 Å². The third-order valence-corrected chi connectivity index (χ3v) is 4.38. The number of carbonyl (C=O) groups excluding carboxylic acids is 1. The Labute approximate surface area is 145 Å². The zero-order chi connectivity index (χ0) is 17.2. The van der Waals surface area contributed by atoms with E-state index >= 15 is 0 Å². The average Bonchev–Trinajstić information content (AvgIpc) is 3.17. The van der Waals surface area contributed by atoms with Gasteiger partial charge >= 0.3 is 0 Å². The van der Waals surface area contributed by atoms with Crippen molar-refractivity contribution in [2.45, 2.75) is 38.6 Å². The van der Waals surface area contributed by atoms with Crippen molar-refractivity contribution in [3.05, 3.63) is 54.0 Å². The second kappa shape index (κ2) is 6.55. The van der Waals surface area contributed by atoms with Crippen molar-refractivity contribution in [2.75, 3.05) is 5.32 Å². The molecule has 4 rings (SSSR count). The Morgan fingerprint density at radius 1 is 1.24 bits per heavy atom. The molecule has 1 fully saturated rings. The highest BCUT2D eigenvalue weighted by atomic mass is 16.4. The zero-order valence-electron chi connectivity index (χ0n) is 14.1. The lowest BCUT2D eigenvalue weighted by Gasteiger charge is -2.08. The van der Waals surface area contributed by atoms with Crippen molar-refractivity contribution in [1.82, 2.24) is 14.8 Å². The van der Waals surface area contributed by atoms with Gasteiger partial charge in [-0.15, -0.1) is 10.2 Å². The molecule has 6 heteroatoms. The Morgan fingerprint density at radius 2 is 2.04 bits per heavy atom. The van der Waals surface area contributed by atoms with Gasteiger partial charge in [-0.25, -0.2) is 0 Å². The Bertz CT molecular complexity index is 875. The fourth-order valence-electron chi connectivity index (χ4n) is 2.76. The first-order chi connectivity index (χ1) is 12.2. The van der Waals surface area contributed by atoms with Crippen LogP contribution in [0.5, 0.6) is 0 Å². The van der Waals surface area contributed by atoms with Gasteiger partial charge in [0.1, 0.15) is 12.2 Å². The number of nitrogens with one attached hydrogen (secondary N) is 1. The summed E-state index contributed by atoms with van der Waals surface area (Å²) in [6, 6.07) is 11.6. The first-order valence-electron chi connectivity index (χ1n) is 8.60. The number of hydrogen-bond donors (Lipinski definition) is 1. The number of carbonyl (C=O) groups is 1. The van der Waals surface area contributed by atoms with Crippen LogP contribution >= 0.6 is 0 Å². The van der Waals surface area contributed by atoms with Crippen LogP contribution in [0.2, 0.25) is 0 Å². The van der Waals surface area contributed by atoms with E-state index in [9.17, 15) is 4.79 Å². The lowest BCUT2D eigenvalue weighted by Crippen LogP contribution is -2.18. The van der Waals surface area contributed by atoms with Gasteiger partial charge in [-0.05, 0) is 49.1 Å². The van der Waals surface area contributed by atoms with Crippen molar-refractivity contribution >= 4 is 11.6 Å². The van der Waals surface area contributed by atoms with E-state index in [2.05, 4.69) is 22.4 Å². The van der Waals surface area contributed by atoms with E-state index in [1.807, 2.05) is 47.2 Å². The minimum absolute atomic E-state index is 0.0939. The largest absolute Gasteiger partial charge is 0.419 e. The Morgan fingerprint density at radius 3 is 2.76 bits per heavy atom. The van der Waals surface area contributed by atoms with Crippen LogP contribution in [0.25, 0.3) is 11.6 Å². The van der Waals surface area contributed by atoms with Gasteiger partial charge < -0.3 is 14.3 Å². The van der Waals surface area contributed by atoms with Gasteiger partial charge in [-0.3, -0.25) is 4.79 Å². The molecule has 0 aliphatic heterocycles. The number of rotatable bonds is 6. The molecule has 1 N–H and O–H groups in total. The van der Waals surface area contributed by atoms with E-state index in [0.29, 0.717) is 17.7 Å². The third kappa shape index (κ3) is 3.47. The van der Waals surface area contributed by atoms with E-state index in [1.54, 1.807) is 0 Å². The van der Waals surface area contributed by atoms with Gasteiger partial charge in [0.2, 0.25) is 11.8 Å². The predicted molar refractivity (Wildman–Crippen MR) is 94.1 cm³/mol. The van der Waals surface area contributed by atoms with Crippen LogP contribution < -0.4 is 5.32 Å². The van der Waals surface area contributed by atoms with Crippen LogP contribution in [0.4, 0.5) is 5.69 Å². The van der Waals surface area contributed by atoms with Crippen molar-refractivity contribution < 1.29 is 9.21 Å². The molecule has 0 atom stereocenters.